The molecule has 1 atom stereocenters. The van der Waals surface area contributed by atoms with E-state index in [-0.39, 0.29) is 6.04 Å². The lowest BCUT2D eigenvalue weighted by molar-refractivity contribution is 0.0990. The summed E-state index contributed by atoms with van der Waals surface area (Å²) in [7, 11) is 0. The van der Waals surface area contributed by atoms with Crippen molar-refractivity contribution < 1.29 is 4.79 Å². The Labute approximate surface area is 151 Å². The number of aromatic amines is 1. The maximum atomic E-state index is 11.7. The maximum Gasteiger partial charge on any atom is 0.252 e. The van der Waals surface area contributed by atoms with Crippen molar-refractivity contribution >= 4 is 5.91 Å². The van der Waals surface area contributed by atoms with Crippen LogP contribution in [0.15, 0.2) is 49.2 Å². The summed E-state index contributed by atoms with van der Waals surface area (Å²) >= 11 is 0. The number of rotatable bonds is 5. The van der Waals surface area contributed by atoms with E-state index in [1.807, 2.05) is 10.8 Å². The van der Waals surface area contributed by atoms with Crippen LogP contribution in [0.5, 0.6) is 0 Å². The van der Waals surface area contributed by atoms with Gasteiger partial charge >= 0.3 is 0 Å². The van der Waals surface area contributed by atoms with Crippen molar-refractivity contribution in [3.05, 3.63) is 66.0 Å². The van der Waals surface area contributed by atoms with Crippen molar-refractivity contribution in [2.24, 2.45) is 5.73 Å². The molecule has 0 radical (unpaired) electrons. The number of hydrogen-bond acceptors (Lipinski definition) is 4. The predicted octanol–water partition coefficient (Wildman–Crippen LogP) is 2.42. The monoisotopic (exact) mass is 350 g/mol. The number of carbonyl (C=O) groups excluding carboxylic acids is 1. The zero-order valence-electron chi connectivity index (χ0n) is 14.5. The molecule has 2 aromatic heterocycles. The second-order valence-electron chi connectivity index (χ2n) is 6.68. The fourth-order valence-electron chi connectivity index (χ4n) is 3.67. The van der Waals surface area contributed by atoms with Gasteiger partial charge in [0.1, 0.15) is 0 Å². The van der Waals surface area contributed by atoms with Gasteiger partial charge in [-0.1, -0.05) is 18.6 Å². The molecule has 1 aliphatic heterocycles. The molecule has 1 fully saturated rings. The average molecular weight is 350 g/mol. The molecule has 3 aromatic rings. The first-order valence-corrected chi connectivity index (χ1v) is 8.87. The minimum atomic E-state index is -0.427. The maximum absolute atomic E-state index is 11.7. The zero-order valence-corrected chi connectivity index (χ0v) is 14.5. The van der Waals surface area contributed by atoms with Crippen LogP contribution in [0.3, 0.4) is 0 Å². The van der Waals surface area contributed by atoms with E-state index in [9.17, 15) is 4.79 Å². The fraction of sp³-hybridized carbons (Fsp3) is 0.316. The van der Waals surface area contributed by atoms with E-state index in [1.54, 1.807) is 12.5 Å². The number of H-pyrrole nitrogens is 1. The van der Waals surface area contributed by atoms with Gasteiger partial charge in [-0.25, -0.2) is 4.98 Å². The molecule has 1 saturated heterocycles. The summed E-state index contributed by atoms with van der Waals surface area (Å²) in [5, 5.41) is 7.04. The van der Waals surface area contributed by atoms with Gasteiger partial charge in [0.15, 0.2) is 0 Å². The number of piperidine rings is 1. The van der Waals surface area contributed by atoms with E-state index < -0.39 is 5.91 Å². The zero-order chi connectivity index (χ0) is 17.9. The normalized spacial score (nSPS) is 18.1. The summed E-state index contributed by atoms with van der Waals surface area (Å²) in [4.78, 5) is 18.2. The van der Waals surface area contributed by atoms with Crippen LogP contribution in [0.25, 0.3) is 5.69 Å². The van der Waals surface area contributed by atoms with Crippen molar-refractivity contribution in [3.8, 4) is 5.69 Å². The highest BCUT2D eigenvalue weighted by Gasteiger charge is 2.28. The van der Waals surface area contributed by atoms with Gasteiger partial charge in [0, 0.05) is 24.6 Å². The SMILES string of the molecule is NC(=O)c1cn[nH]c1C1CCCCN1Cc1ccc(-n2ccnc2)cc1. The Morgan fingerprint density at radius 2 is 2.12 bits per heavy atom. The first-order valence-electron chi connectivity index (χ1n) is 8.87. The second kappa shape index (κ2) is 7.13. The standard InChI is InChI=1S/C19H22N6O/c20-19(26)16-11-22-23-18(16)17-3-1-2-9-24(17)12-14-4-6-15(7-5-14)25-10-8-21-13-25/h4-8,10-11,13,17H,1-3,9,12H2,(H2,20,26)(H,22,23). The van der Waals surface area contributed by atoms with Gasteiger partial charge in [-0.15, -0.1) is 0 Å². The number of amides is 1. The van der Waals surface area contributed by atoms with Crippen molar-refractivity contribution in [2.45, 2.75) is 31.8 Å². The summed E-state index contributed by atoms with van der Waals surface area (Å²) in [6, 6.07) is 8.62. The van der Waals surface area contributed by atoms with Gasteiger partial charge in [-0.3, -0.25) is 14.8 Å². The minimum Gasteiger partial charge on any atom is -0.365 e. The van der Waals surface area contributed by atoms with Gasteiger partial charge in [-0.05, 0) is 37.1 Å². The van der Waals surface area contributed by atoms with Crippen molar-refractivity contribution in [1.82, 2.24) is 24.6 Å². The number of imidazole rings is 1. The van der Waals surface area contributed by atoms with Crippen molar-refractivity contribution in [1.29, 1.82) is 0 Å². The van der Waals surface area contributed by atoms with E-state index in [1.165, 1.54) is 11.8 Å². The Morgan fingerprint density at radius 1 is 1.27 bits per heavy atom. The van der Waals surface area contributed by atoms with E-state index in [0.717, 1.165) is 43.7 Å². The van der Waals surface area contributed by atoms with E-state index in [2.05, 4.69) is 44.3 Å². The lowest BCUT2D eigenvalue weighted by Crippen LogP contribution is -2.34. The molecule has 3 heterocycles. The van der Waals surface area contributed by atoms with Crippen LogP contribution in [0.1, 0.15) is 46.9 Å². The smallest absolute Gasteiger partial charge is 0.252 e. The van der Waals surface area contributed by atoms with Crippen LogP contribution in [-0.2, 0) is 6.54 Å². The first kappa shape index (κ1) is 16.5. The number of aromatic nitrogens is 4. The topological polar surface area (TPSA) is 92.8 Å². The van der Waals surface area contributed by atoms with Gasteiger partial charge < -0.3 is 10.3 Å². The Hall–Kier alpha value is -2.93. The molecule has 1 unspecified atom stereocenters. The number of carbonyl (C=O) groups is 1. The first-order chi connectivity index (χ1) is 12.7. The third-order valence-corrected chi connectivity index (χ3v) is 5.01. The summed E-state index contributed by atoms with van der Waals surface area (Å²) in [6.07, 6.45) is 10.3. The Morgan fingerprint density at radius 3 is 2.85 bits per heavy atom. The fourth-order valence-corrected chi connectivity index (χ4v) is 3.67. The average Bonchev–Trinajstić information content (AvgIpc) is 3.35. The number of hydrogen-bond donors (Lipinski definition) is 2. The molecule has 3 N–H and O–H groups in total. The molecule has 7 nitrogen and oxygen atoms in total. The van der Waals surface area contributed by atoms with Crippen LogP contribution in [-0.4, -0.2) is 37.1 Å². The lowest BCUT2D eigenvalue weighted by atomic mass is 9.96. The number of primary amides is 1. The number of nitrogens with zero attached hydrogens (tertiary/aromatic N) is 4. The van der Waals surface area contributed by atoms with Crippen LogP contribution >= 0.6 is 0 Å². The molecule has 0 spiro atoms. The molecule has 0 saturated carbocycles. The number of likely N-dealkylation sites (tertiary alicyclic amines) is 1. The molecular weight excluding hydrogens is 328 g/mol. The highest BCUT2D eigenvalue weighted by Crippen LogP contribution is 2.32. The summed E-state index contributed by atoms with van der Waals surface area (Å²) in [6.45, 7) is 1.82. The van der Waals surface area contributed by atoms with Crippen molar-refractivity contribution in [3.63, 3.8) is 0 Å². The molecule has 1 amide bonds. The molecule has 134 valence electrons. The summed E-state index contributed by atoms with van der Waals surface area (Å²) in [5.41, 5.74) is 9.17. The molecule has 7 heteroatoms. The predicted molar refractivity (Wildman–Crippen MR) is 97.7 cm³/mol. The van der Waals surface area contributed by atoms with Crippen LogP contribution in [0.2, 0.25) is 0 Å². The Kier molecular flexibility index (Phi) is 4.53. The molecule has 26 heavy (non-hydrogen) atoms. The lowest BCUT2D eigenvalue weighted by Gasteiger charge is -2.35. The number of nitrogens with one attached hydrogen (secondary N) is 1. The molecule has 1 aromatic carbocycles. The van der Waals surface area contributed by atoms with Gasteiger partial charge in [0.05, 0.1) is 29.8 Å². The van der Waals surface area contributed by atoms with Crippen LogP contribution in [0, 0.1) is 0 Å². The van der Waals surface area contributed by atoms with E-state index in [0.29, 0.717) is 5.56 Å². The van der Waals surface area contributed by atoms with Crippen LogP contribution < -0.4 is 5.73 Å². The Bertz CT molecular complexity index is 868. The third-order valence-electron chi connectivity index (χ3n) is 5.01. The molecule has 0 aliphatic carbocycles. The third kappa shape index (κ3) is 3.25. The quantitative estimate of drug-likeness (QED) is 0.739. The number of benzene rings is 1. The van der Waals surface area contributed by atoms with Crippen molar-refractivity contribution in [2.75, 3.05) is 6.54 Å². The highest BCUT2D eigenvalue weighted by molar-refractivity contribution is 5.93. The minimum absolute atomic E-state index is 0.141. The van der Waals surface area contributed by atoms with E-state index >= 15 is 0 Å². The molecule has 4 rings (SSSR count). The molecule has 0 bridgehead atoms. The van der Waals surface area contributed by atoms with Crippen LogP contribution in [0.4, 0.5) is 0 Å². The van der Waals surface area contributed by atoms with E-state index in [4.69, 9.17) is 5.73 Å². The van der Waals surface area contributed by atoms with Gasteiger partial charge in [0.2, 0.25) is 0 Å². The highest BCUT2D eigenvalue weighted by atomic mass is 16.1. The van der Waals surface area contributed by atoms with Gasteiger partial charge in [0.25, 0.3) is 5.91 Å². The number of nitrogens with two attached hydrogens (primary N) is 1. The molecular formula is C19H22N6O. The summed E-state index contributed by atoms with van der Waals surface area (Å²) in [5.74, 6) is -0.427. The largest absolute Gasteiger partial charge is 0.365 e. The molecule has 1 aliphatic rings. The van der Waals surface area contributed by atoms with Gasteiger partial charge in [-0.2, -0.15) is 5.10 Å². The second-order valence-corrected chi connectivity index (χ2v) is 6.68. The summed E-state index contributed by atoms with van der Waals surface area (Å²) < 4.78 is 1.98. The Balaban J connectivity index is 1.53.